The van der Waals surface area contributed by atoms with Gasteiger partial charge in [-0.25, -0.2) is 0 Å². The first-order chi connectivity index (χ1) is 8.61. The lowest BCUT2D eigenvalue weighted by atomic mass is 10.2. The predicted octanol–water partition coefficient (Wildman–Crippen LogP) is 0.717. The number of nitrogens with two attached hydrogens (primary N) is 1. The zero-order valence-electron chi connectivity index (χ0n) is 10.5. The molecule has 0 saturated heterocycles. The molecule has 0 aliphatic heterocycles. The first-order valence-corrected chi connectivity index (χ1v) is 5.82. The highest BCUT2D eigenvalue weighted by atomic mass is 16.2. The molecule has 0 spiro atoms. The van der Waals surface area contributed by atoms with Crippen molar-refractivity contribution in [3.8, 4) is 0 Å². The van der Waals surface area contributed by atoms with Crippen LogP contribution in [0.5, 0.6) is 0 Å². The van der Waals surface area contributed by atoms with Crippen molar-refractivity contribution in [2.24, 2.45) is 0 Å². The lowest BCUT2D eigenvalue weighted by molar-refractivity contribution is -0.119. The van der Waals surface area contributed by atoms with Gasteiger partial charge in [-0.05, 0) is 19.1 Å². The van der Waals surface area contributed by atoms with Crippen LogP contribution in [-0.4, -0.2) is 36.2 Å². The number of aromatic amines is 1. The number of fused-ring (bicyclic) bond motifs is 1. The number of H-pyrrole nitrogens is 1. The van der Waals surface area contributed by atoms with Gasteiger partial charge in [0.05, 0.1) is 29.6 Å². The molecule has 0 aliphatic rings. The van der Waals surface area contributed by atoms with Crippen LogP contribution in [0.25, 0.3) is 10.9 Å². The molecule has 18 heavy (non-hydrogen) atoms. The second-order valence-corrected chi connectivity index (χ2v) is 4.18. The van der Waals surface area contributed by atoms with Crippen molar-refractivity contribution >= 4 is 28.2 Å². The molecule has 6 nitrogen and oxygen atoms in total. The van der Waals surface area contributed by atoms with E-state index >= 15 is 0 Å². The predicted molar refractivity (Wildman–Crippen MR) is 72.5 cm³/mol. The minimum absolute atomic E-state index is 0.0240. The zero-order valence-corrected chi connectivity index (χ0v) is 10.5. The summed E-state index contributed by atoms with van der Waals surface area (Å²) in [4.78, 5) is 13.4. The van der Waals surface area contributed by atoms with Crippen LogP contribution in [0.15, 0.2) is 18.3 Å². The van der Waals surface area contributed by atoms with Crippen molar-refractivity contribution in [2.75, 3.05) is 30.8 Å². The molecule has 0 radical (unpaired) electrons. The van der Waals surface area contributed by atoms with Crippen molar-refractivity contribution < 1.29 is 4.79 Å². The fraction of sp³-hybridized carbons (Fsp3) is 0.333. The molecule has 0 bridgehead atoms. The molecule has 0 atom stereocenters. The molecule has 0 saturated carbocycles. The molecule has 2 aromatic rings. The maximum absolute atomic E-state index is 11.5. The van der Waals surface area contributed by atoms with Gasteiger partial charge in [-0.15, -0.1) is 0 Å². The van der Waals surface area contributed by atoms with Gasteiger partial charge < -0.3 is 16.0 Å². The summed E-state index contributed by atoms with van der Waals surface area (Å²) in [5.74, 6) is -0.0240. The molecule has 6 heteroatoms. The average molecular weight is 247 g/mol. The Morgan fingerprint density at radius 3 is 3.06 bits per heavy atom. The summed E-state index contributed by atoms with van der Waals surface area (Å²) in [6.07, 6.45) is 1.72. The fourth-order valence-electron chi connectivity index (χ4n) is 1.88. The van der Waals surface area contributed by atoms with Crippen LogP contribution in [0, 0.1) is 0 Å². The van der Waals surface area contributed by atoms with Gasteiger partial charge in [-0.3, -0.25) is 9.89 Å². The maximum atomic E-state index is 11.5. The molecule has 1 heterocycles. The number of likely N-dealkylation sites (N-methyl/N-ethyl adjacent to an activating group) is 2. The van der Waals surface area contributed by atoms with Gasteiger partial charge in [0.2, 0.25) is 5.91 Å². The maximum Gasteiger partial charge on any atom is 0.239 e. The van der Waals surface area contributed by atoms with Crippen molar-refractivity contribution in [1.82, 2.24) is 15.5 Å². The number of anilines is 2. The minimum Gasteiger partial charge on any atom is -0.397 e. The summed E-state index contributed by atoms with van der Waals surface area (Å²) in [7, 11) is 1.84. The Kier molecular flexibility index (Phi) is 3.36. The number of rotatable bonds is 4. The Balaban J connectivity index is 2.23. The summed E-state index contributed by atoms with van der Waals surface area (Å²) in [6.45, 7) is 2.79. The van der Waals surface area contributed by atoms with Gasteiger partial charge in [0.1, 0.15) is 0 Å². The minimum atomic E-state index is -0.0240. The highest BCUT2D eigenvalue weighted by Crippen LogP contribution is 2.27. The van der Waals surface area contributed by atoms with E-state index in [-0.39, 0.29) is 12.5 Å². The highest BCUT2D eigenvalue weighted by Gasteiger charge is 2.11. The van der Waals surface area contributed by atoms with Gasteiger partial charge >= 0.3 is 0 Å². The number of aromatic nitrogens is 2. The topological polar surface area (TPSA) is 87.0 Å². The van der Waals surface area contributed by atoms with E-state index in [0.29, 0.717) is 12.2 Å². The third-order valence-electron chi connectivity index (χ3n) is 2.75. The molecule has 1 amide bonds. The highest BCUT2D eigenvalue weighted by molar-refractivity contribution is 5.90. The number of nitrogens with one attached hydrogen (secondary N) is 2. The number of hydrogen-bond acceptors (Lipinski definition) is 4. The van der Waals surface area contributed by atoms with Crippen LogP contribution < -0.4 is 16.0 Å². The van der Waals surface area contributed by atoms with Gasteiger partial charge in [-0.1, -0.05) is 0 Å². The van der Waals surface area contributed by atoms with Crippen molar-refractivity contribution in [3.05, 3.63) is 18.3 Å². The number of amides is 1. The summed E-state index contributed by atoms with van der Waals surface area (Å²) < 4.78 is 0. The summed E-state index contributed by atoms with van der Waals surface area (Å²) in [5.41, 5.74) is 8.34. The van der Waals surface area contributed by atoms with E-state index in [0.717, 1.165) is 16.6 Å². The second-order valence-electron chi connectivity index (χ2n) is 4.18. The molecular formula is C12H17N5O. The molecule has 0 unspecified atom stereocenters. The van der Waals surface area contributed by atoms with E-state index < -0.39 is 0 Å². The number of benzene rings is 1. The molecule has 1 aromatic heterocycles. The summed E-state index contributed by atoms with van der Waals surface area (Å²) >= 11 is 0. The van der Waals surface area contributed by atoms with Gasteiger partial charge in [-0.2, -0.15) is 5.10 Å². The zero-order chi connectivity index (χ0) is 13.1. The van der Waals surface area contributed by atoms with Crippen LogP contribution in [0.1, 0.15) is 6.92 Å². The number of nitrogen functional groups attached to an aromatic ring is 1. The molecule has 0 aliphatic carbocycles. The van der Waals surface area contributed by atoms with E-state index in [1.54, 1.807) is 6.20 Å². The van der Waals surface area contributed by atoms with E-state index in [1.807, 2.05) is 31.0 Å². The van der Waals surface area contributed by atoms with Gasteiger partial charge in [0, 0.05) is 19.0 Å². The van der Waals surface area contributed by atoms with Gasteiger partial charge in [0.25, 0.3) is 0 Å². The van der Waals surface area contributed by atoms with Crippen molar-refractivity contribution in [1.29, 1.82) is 0 Å². The quantitative estimate of drug-likeness (QED) is 0.695. The SMILES string of the molecule is CCNC(=O)CN(C)c1cc2[nH]ncc2cc1N. The standard InChI is InChI=1S/C12H17N5O/c1-3-14-12(18)7-17(2)11-5-10-8(4-9(11)13)6-15-16-10/h4-6H,3,7,13H2,1-2H3,(H,14,18)(H,15,16). The Morgan fingerprint density at radius 2 is 2.33 bits per heavy atom. The Labute approximate surface area is 105 Å². The van der Waals surface area contributed by atoms with E-state index in [2.05, 4.69) is 15.5 Å². The Hall–Kier alpha value is -2.24. The lowest BCUT2D eigenvalue weighted by Crippen LogP contribution is -2.35. The number of hydrogen-bond donors (Lipinski definition) is 3. The number of carbonyl (C=O) groups is 1. The Bertz CT molecular complexity index is 563. The first kappa shape index (κ1) is 12.2. The van der Waals surface area contributed by atoms with E-state index in [9.17, 15) is 4.79 Å². The number of carbonyl (C=O) groups excluding carboxylic acids is 1. The molecule has 2 rings (SSSR count). The third-order valence-corrected chi connectivity index (χ3v) is 2.75. The van der Waals surface area contributed by atoms with Crippen LogP contribution >= 0.6 is 0 Å². The Morgan fingerprint density at radius 1 is 1.56 bits per heavy atom. The van der Waals surface area contributed by atoms with Crippen LogP contribution in [0.2, 0.25) is 0 Å². The summed E-state index contributed by atoms with van der Waals surface area (Å²) in [6, 6.07) is 3.75. The molecular weight excluding hydrogens is 230 g/mol. The average Bonchev–Trinajstić information content (AvgIpc) is 2.74. The monoisotopic (exact) mass is 247 g/mol. The molecule has 4 N–H and O–H groups in total. The third kappa shape index (κ3) is 2.37. The smallest absolute Gasteiger partial charge is 0.239 e. The van der Waals surface area contributed by atoms with Crippen LogP contribution in [0.3, 0.4) is 0 Å². The summed E-state index contributed by atoms with van der Waals surface area (Å²) in [5, 5.41) is 10.6. The molecule has 0 fully saturated rings. The van der Waals surface area contributed by atoms with E-state index in [4.69, 9.17) is 5.73 Å². The van der Waals surface area contributed by atoms with Crippen LogP contribution in [0.4, 0.5) is 11.4 Å². The van der Waals surface area contributed by atoms with Crippen molar-refractivity contribution in [3.63, 3.8) is 0 Å². The number of nitrogens with zero attached hydrogens (tertiary/aromatic N) is 2. The second kappa shape index (κ2) is 4.95. The van der Waals surface area contributed by atoms with Crippen molar-refractivity contribution in [2.45, 2.75) is 6.92 Å². The van der Waals surface area contributed by atoms with Gasteiger partial charge in [0.15, 0.2) is 0 Å². The lowest BCUT2D eigenvalue weighted by Gasteiger charge is -2.20. The first-order valence-electron chi connectivity index (χ1n) is 5.82. The van der Waals surface area contributed by atoms with E-state index in [1.165, 1.54) is 0 Å². The molecule has 96 valence electrons. The normalized spacial score (nSPS) is 10.6. The largest absolute Gasteiger partial charge is 0.397 e. The fourth-order valence-corrected chi connectivity index (χ4v) is 1.88. The van der Waals surface area contributed by atoms with Crippen LogP contribution in [-0.2, 0) is 4.79 Å². The molecule has 1 aromatic carbocycles.